The van der Waals surface area contributed by atoms with Gasteiger partial charge in [-0.1, -0.05) is 29.8 Å². The number of nitrogens with zero attached hydrogens (tertiary/aromatic N) is 3. The number of rotatable bonds is 6. The summed E-state index contributed by atoms with van der Waals surface area (Å²) in [5, 5.41) is 11.1. The van der Waals surface area contributed by atoms with Crippen LogP contribution in [-0.4, -0.2) is 60.5 Å². The predicted molar refractivity (Wildman–Crippen MR) is 163 cm³/mol. The number of urea groups is 1. The second kappa shape index (κ2) is 12.7. The van der Waals surface area contributed by atoms with Crippen LogP contribution >= 0.6 is 11.6 Å². The van der Waals surface area contributed by atoms with Gasteiger partial charge in [-0.25, -0.2) is 4.79 Å². The maximum absolute atomic E-state index is 13.4. The van der Waals surface area contributed by atoms with Crippen LogP contribution in [0.15, 0.2) is 79.1 Å². The summed E-state index contributed by atoms with van der Waals surface area (Å²) in [6, 6.07) is 19.4. The number of amides is 4. The van der Waals surface area contributed by atoms with E-state index in [1.165, 1.54) is 0 Å². The van der Waals surface area contributed by atoms with Gasteiger partial charge < -0.3 is 25.8 Å². The van der Waals surface area contributed by atoms with Gasteiger partial charge in [0.05, 0.1) is 11.4 Å². The fraction of sp³-hybridized carbons (Fsp3) is 0.226. The van der Waals surface area contributed by atoms with E-state index in [0.29, 0.717) is 60.2 Å². The molecule has 1 aliphatic rings. The zero-order valence-corrected chi connectivity index (χ0v) is 23.4. The summed E-state index contributed by atoms with van der Waals surface area (Å²) in [7, 11) is 0. The van der Waals surface area contributed by atoms with Gasteiger partial charge in [0.15, 0.2) is 0 Å². The smallest absolute Gasteiger partial charge is 0.317 e. The van der Waals surface area contributed by atoms with Crippen molar-refractivity contribution in [2.45, 2.75) is 13.3 Å². The van der Waals surface area contributed by atoms with Gasteiger partial charge in [-0.15, -0.1) is 0 Å². The molecule has 1 aliphatic heterocycles. The van der Waals surface area contributed by atoms with Crippen LogP contribution in [0.5, 0.6) is 0 Å². The van der Waals surface area contributed by atoms with E-state index >= 15 is 0 Å². The molecule has 10 heteroatoms. The van der Waals surface area contributed by atoms with Crippen LogP contribution in [0.25, 0.3) is 10.8 Å². The number of carbonyl (C=O) groups excluding carboxylic acids is 3. The van der Waals surface area contributed by atoms with Crippen LogP contribution < -0.4 is 20.9 Å². The number of aromatic nitrogens is 1. The highest BCUT2D eigenvalue weighted by Gasteiger charge is 2.22. The number of pyridine rings is 1. The number of benzene rings is 3. The first kappa shape index (κ1) is 27.9. The average molecular weight is 571 g/mol. The van der Waals surface area contributed by atoms with Crippen molar-refractivity contribution in [2.24, 2.45) is 0 Å². The topological polar surface area (TPSA) is 107 Å². The summed E-state index contributed by atoms with van der Waals surface area (Å²) in [5.74, 6) is -0.649. The molecular formula is C31H31ClN6O3. The molecule has 41 heavy (non-hydrogen) atoms. The number of nitrogens with one attached hydrogen (secondary N) is 3. The number of fused-ring (bicyclic) bond motifs is 1. The minimum Gasteiger partial charge on any atom is -0.368 e. The Morgan fingerprint density at radius 2 is 1.63 bits per heavy atom. The second-order valence-electron chi connectivity index (χ2n) is 9.72. The number of halogens is 1. The fourth-order valence-corrected chi connectivity index (χ4v) is 5.12. The van der Waals surface area contributed by atoms with E-state index in [1.807, 2.05) is 37.3 Å². The molecule has 4 aromatic rings. The van der Waals surface area contributed by atoms with Crippen LogP contribution in [0.1, 0.15) is 34.1 Å². The first-order chi connectivity index (χ1) is 19.9. The Labute approximate surface area is 243 Å². The molecule has 2 heterocycles. The number of hydrogen-bond acceptors (Lipinski definition) is 5. The van der Waals surface area contributed by atoms with Gasteiger partial charge in [-0.05, 0) is 61.9 Å². The molecule has 1 saturated heterocycles. The summed E-state index contributed by atoms with van der Waals surface area (Å²) >= 11 is 6.13. The largest absolute Gasteiger partial charge is 0.368 e. The molecule has 0 aliphatic carbocycles. The van der Waals surface area contributed by atoms with Crippen LogP contribution in [-0.2, 0) is 0 Å². The van der Waals surface area contributed by atoms with Crippen LogP contribution in [0, 0.1) is 0 Å². The lowest BCUT2D eigenvalue weighted by Gasteiger charge is -2.26. The Morgan fingerprint density at radius 1 is 0.854 bits per heavy atom. The van der Waals surface area contributed by atoms with E-state index in [9.17, 15) is 14.4 Å². The molecule has 0 atom stereocenters. The third-order valence-electron chi connectivity index (χ3n) is 6.97. The molecule has 1 aromatic heterocycles. The first-order valence-electron chi connectivity index (χ1n) is 13.6. The third kappa shape index (κ3) is 6.58. The van der Waals surface area contributed by atoms with Crippen molar-refractivity contribution < 1.29 is 14.4 Å². The normalized spacial score (nSPS) is 13.4. The van der Waals surface area contributed by atoms with E-state index < -0.39 is 0 Å². The summed E-state index contributed by atoms with van der Waals surface area (Å²) in [6.07, 6.45) is 4.19. The van der Waals surface area contributed by atoms with Crippen molar-refractivity contribution in [1.29, 1.82) is 0 Å². The van der Waals surface area contributed by atoms with E-state index in [-0.39, 0.29) is 17.8 Å². The van der Waals surface area contributed by atoms with Crippen LogP contribution in [0.3, 0.4) is 0 Å². The van der Waals surface area contributed by atoms with Crippen molar-refractivity contribution >= 4 is 57.3 Å². The van der Waals surface area contributed by atoms with Crippen molar-refractivity contribution in [2.75, 3.05) is 48.3 Å². The molecule has 9 nitrogen and oxygen atoms in total. The lowest BCUT2D eigenvalue weighted by Crippen LogP contribution is -2.42. The molecule has 0 spiro atoms. The molecule has 1 fully saturated rings. The zero-order valence-electron chi connectivity index (χ0n) is 22.7. The van der Waals surface area contributed by atoms with Crippen LogP contribution in [0.4, 0.5) is 21.9 Å². The lowest BCUT2D eigenvalue weighted by molar-refractivity contribution is 0.101. The highest BCUT2D eigenvalue weighted by Crippen LogP contribution is 2.30. The Bertz CT molecular complexity index is 1590. The van der Waals surface area contributed by atoms with Gasteiger partial charge in [0, 0.05) is 77.7 Å². The van der Waals surface area contributed by atoms with Crippen molar-refractivity contribution in [3.05, 3.63) is 95.3 Å². The molecule has 0 unspecified atom stereocenters. The molecule has 3 aromatic carbocycles. The summed E-state index contributed by atoms with van der Waals surface area (Å²) in [4.78, 5) is 47.2. The highest BCUT2D eigenvalue weighted by molar-refractivity contribution is 6.31. The Hall–Kier alpha value is -4.63. The summed E-state index contributed by atoms with van der Waals surface area (Å²) < 4.78 is 0. The first-order valence-corrected chi connectivity index (χ1v) is 13.9. The van der Waals surface area contributed by atoms with Crippen molar-refractivity contribution in [3.63, 3.8) is 0 Å². The van der Waals surface area contributed by atoms with Gasteiger partial charge in [0.1, 0.15) is 0 Å². The molecule has 3 N–H and O–H groups in total. The average Bonchev–Trinajstić information content (AvgIpc) is 3.24. The zero-order chi connectivity index (χ0) is 28.8. The van der Waals surface area contributed by atoms with E-state index in [1.54, 1.807) is 53.7 Å². The van der Waals surface area contributed by atoms with Gasteiger partial charge in [0.2, 0.25) is 0 Å². The molecule has 0 bridgehead atoms. The standard InChI is InChI=1S/C31H31ClN6O3/c1-2-34-31(41)38-15-5-14-37(16-17-38)28-11-10-22(19-27(28)36-29(39)21-6-3-8-24(32)18-21)30(40)35-26-9-4-7-23-20-33-13-12-25(23)26/h3-4,6-13,18-20H,2,5,14-17H2,1H3,(H,34,41)(H,35,40)(H,36,39). The Morgan fingerprint density at radius 3 is 2.44 bits per heavy atom. The quantitative estimate of drug-likeness (QED) is 0.278. The Kier molecular flexibility index (Phi) is 8.64. The van der Waals surface area contributed by atoms with Gasteiger partial charge >= 0.3 is 6.03 Å². The van der Waals surface area contributed by atoms with E-state index in [4.69, 9.17) is 11.6 Å². The highest BCUT2D eigenvalue weighted by atomic mass is 35.5. The minimum absolute atomic E-state index is 0.0833. The summed E-state index contributed by atoms with van der Waals surface area (Å²) in [6.45, 7) is 4.89. The van der Waals surface area contributed by atoms with Gasteiger partial charge in [-0.2, -0.15) is 0 Å². The molecular weight excluding hydrogens is 540 g/mol. The maximum atomic E-state index is 13.4. The van der Waals surface area contributed by atoms with E-state index in [2.05, 4.69) is 25.8 Å². The van der Waals surface area contributed by atoms with Gasteiger partial charge in [-0.3, -0.25) is 14.6 Å². The molecule has 5 rings (SSSR count). The predicted octanol–water partition coefficient (Wildman–Crippen LogP) is 5.63. The number of anilines is 3. The lowest BCUT2D eigenvalue weighted by atomic mass is 10.1. The monoisotopic (exact) mass is 570 g/mol. The third-order valence-corrected chi connectivity index (χ3v) is 7.21. The molecule has 210 valence electrons. The summed E-state index contributed by atoms with van der Waals surface area (Å²) in [5.41, 5.74) is 2.73. The van der Waals surface area contributed by atoms with E-state index in [0.717, 1.165) is 22.9 Å². The maximum Gasteiger partial charge on any atom is 0.317 e. The van der Waals surface area contributed by atoms with Crippen molar-refractivity contribution in [3.8, 4) is 0 Å². The molecule has 4 amide bonds. The number of hydrogen-bond donors (Lipinski definition) is 3. The minimum atomic E-state index is -0.341. The molecule has 0 radical (unpaired) electrons. The molecule has 0 saturated carbocycles. The van der Waals surface area contributed by atoms with Crippen LogP contribution in [0.2, 0.25) is 5.02 Å². The SMILES string of the molecule is CCNC(=O)N1CCCN(c2ccc(C(=O)Nc3cccc4cnccc34)cc2NC(=O)c2cccc(Cl)c2)CC1. The van der Waals surface area contributed by atoms with Crippen molar-refractivity contribution in [1.82, 2.24) is 15.2 Å². The van der Waals surface area contributed by atoms with Gasteiger partial charge in [0.25, 0.3) is 11.8 Å². The Balaban J connectivity index is 1.44. The fourth-order valence-electron chi connectivity index (χ4n) is 4.93. The number of carbonyl (C=O) groups is 3. The second-order valence-corrected chi connectivity index (χ2v) is 10.2.